The molecule has 0 saturated heterocycles. The number of hydrogen-bond acceptors (Lipinski definition) is 6. The molecule has 0 aromatic heterocycles. The summed E-state index contributed by atoms with van der Waals surface area (Å²) in [6, 6.07) is 5.94. The molecule has 0 fully saturated rings. The minimum atomic E-state index is -0.768. The van der Waals surface area contributed by atoms with E-state index in [9.17, 15) is 30.5 Å². The van der Waals surface area contributed by atoms with Gasteiger partial charge < -0.3 is 20.4 Å². The summed E-state index contributed by atoms with van der Waals surface area (Å²) >= 11 is 0. The Morgan fingerprint density at radius 1 is 0.895 bits per heavy atom. The summed E-state index contributed by atoms with van der Waals surface area (Å²) in [4.78, 5) is 9.94. The highest BCUT2D eigenvalue weighted by Gasteiger charge is 2.18. The van der Waals surface area contributed by atoms with Crippen LogP contribution in [-0.4, -0.2) is 25.3 Å². The molecule has 0 aliphatic rings. The second-order valence-corrected chi connectivity index (χ2v) is 3.79. The first-order valence-corrected chi connectivity index (χ1v) is 5.13. The molecular weight excluding hydrogens is 254 g/mol. The summed E-state index contributed by atoms with van der Waals surface area (Å²) in [5, 5.41) is 48.3. The van der Waals surface area contributed by atoms with Crippen LogP contribution in [0.1, 0.15) is 0 Å². The zero-order valence-corrected chi connectivity index (χ0v) is 9.44. The average Bonchev–Trinajstić information content (AvgIpc) is 2.37. The number of aromatic hydroxyl groups is 4. The first kappa shape index (κ1) is 12.5. The number of phenols is 4. The third-order valence-electron chi connectivity index (χ3n) is 2.61. The lowest BCUT2D eigenvalue weighted by Crippen LogP contribution is -1.89. The van der Waals surface area contributed by atoms with E-state index in [2.05, 4.69) is 0 Å². The third-order valence-corrected chi connectivity index (χ3v) is 2.61. The van der Waals surface area contributed by atoms with Gasteiger partial charge in [0, 0.05) is 11.6 Å². The van der Waals surface area contributed by atoms with Crippen LogP contribution >= 0.6 is 0 Å². The van der Waals surface area contributed by atoms with E-state index in [0.717, 1.165) is 18.2 Å². The van der Waals surface area contributed by atoms with Crippen molar-refractivity contribution in [1.29, 1.82) is 0 Å². The number of nitro benzene ring substituents is 1. The van der Waals surface area contributed by atoms with Crippen LogP contribution < -0.4 is 0 Å². The van der Waals surface area contributed by atoms with Gasteiger partial charge >= 0.3 is 5.69 Å². The maximum atomic E-state index is 10.7. The van der Waals surface area contributed by atoms with Gasteiger partial charge in [-0.3, -0.25) is 10.1 Å². The topological polar surface area (TPSA) is 124 Å². The fourth-order valence-electron chi connectivity index (χ4n) is 1.64. The lowest BCUT2D eigenvalue weighted by Gasteiger charge is -2.08. The lowest BCUT2D eigenvalue weighted by atomic mass is 10.0. The van der Waals surface area contributed by atoms with Crippen molar-refractivity contribution in [3.8, 4) is 34.1 Å². The molecule has 2 rings (SSSR count). The molecule has 4 N–H and O–H groups in total. The van der Waals surface area contributed by atoms with E-state index in [-0.39, 0.29) is 11.1 Å². The number of nitro groups is 1. The van der Waals surface area contributed by atoms with Gasteiger partial charge in [-0.2, -0.15) is 0 Å². The van der Waals surface area contributed by atoms with E-state index >= 15 is 0 Å². The molecule has 2 aromatic carbocycles. The number of benzene rings is 2. The molecule has 0 aliphatic heterocycles. The molecule has 2 aromatic rings. The predicted octanol–water partition coefficient (Wildman–Crippen LogP) is 2.08. The molecule has 0 heterocycles. The van der Waals surface area contributed by atoms with Crippen LogP contribution in [0, 0.1) is 10.1 Å². The van der Waals surface area contributed by atoms with E-state index in [4.69, 9.17) is 0 Å². The Balaban J connectivity index is 2.63. The van der Waals surface area contributed by atoms with Crippen LogP contribution in [-0.2, 0) is 0 Å². The summed E-state index contributed by atoms with van der Waals surface area (Å²) in [5.74, 6) is -2.32. The summed E-state index contributed by atoms with van der Waals surface area (Å²) in [5.41, 5.74) is -0.208. The molecular formula is C12H9NO6. The summed E-state index contributed by atoms with van der Waals surface area (Å²) < 4.78 is 0. The smallest absolute Gasteiger partial charge is 0.311 e. The minimum absolute atomic E-state index is 0.0957. The molecule has 7 heteroatoms. The first-order chi connectivity index (χ1) is 8.91. The van der Waals surface area contributed by atoms with E-state index in [0.29, 0.717) is 0 Å². The van der Waals surface area contributed by atoms with Gasteiger partial charge in [0.25, 0.3) is 0 Å². The Kier molecular flexibility index (Phi) is 2.88. The van der Waals surface area contributed by atoms with E-state index in [1.54, 1.807) is 0 Å². The van der Waals surface area contributed by atoms with Crippen molar-refractivity contribution in [2.45, 2.75) is 0 Å². The fourth-order valence-corrected chi connectivity index (χ4v) is 1.64. The molecule has 0 aliphatic carbocycles. The highest BCUT2D eigenvalue weighted by Crippen LogP contribution is 2.43. The van der Waals surface area contributed by atoms with Crippen molar-refractivity contribution in [3.63, 3.8) is 0 Å². The Morgan fingerprint density at radius 2 is 1.53 bits per heavy atom. The van der Waals surface area contributed by atoms with Gasteiger partial charge in [-0.1, -0.05) is 6.07 Å². The second-order valence-electron chi connectivity index (χ2n) is 3.79. The normalized spacial score (nSPS) is 10.3. The van der Waals surface area contributed by atoms with Crippen LogP contribution in [0.2, 0.25) is 0 Å². The fraction of sp³-hybridized carbons (Fsp3) is 0. The van der Waals surface area contributed by atoms with Gasteiger partial charge in [0.1, 0.15) is 0 Å². The number of phenolic OH excluding ortho intramolecular Hbond substituents is 4. The SMILES string of the molecule is O=[N+]([O-])c1cc(-c2ccc(O)c(O)c2O)ccc1O. The molecule has 0 bridgehead atoms. The van der Waals surface area contributed by atoms with Crippen LogP contribution in [0.5, 0.6) is 23.0 Å². The molecule has 0 atom stereocenters. The molecule has 98 valence electrons. The lowest BCUT2D eigenvalue weighted by molar-refractivity contribution is -0.385. The zero-order chi connectivity index (χ0) is 14.2. The number of nitrogens with zero attached hydrogens (tertiary/aromatic N) is 1. The highest BCUT2D eigenvalue weighted by atomic mass is 16.6. The van der Waals surface area contributed by atoms with Crippen LogP contribution in [0.15, 0.2) is 30.3 Å². The van der Waals surface area contributed by atoms with Crippen LogP contribution in [0.25, 0.3) is 11.1 Å². The molecule has 0 saturated carbocycles. The third kappa shape index (κ3) is 2.08. The van der Waals surface area contributed by atoms with Gasteiger partial charge in [0.05, 0.1) is 4.92 Å². The van der Waals surface area contributed by atoms with E-state index in [1.807, 2.05) is 0 Å². The Morgan fingerprint density at radius 3 is 2.16 bits per heavy atom. The van der Waals surface area contributed by atoms with E-state index < -0.39 is 33.6 Å². The van der Waals surface area contributed by atoms with Crippen molar-refractivity contribution < 1.29 is 25.3 Å². The summed E-state index contributed by atoms with van der Waals surface area (Å²) in [6.07, 6.45) is 0. The van der Waals surface area contributed by atoms with Crippen molar-refractivity contribution in [3.05, 3.63) is 40.4 Å². The minimum Gasteiger partial charge on any atom is -0.504 e. The zero-order valence-electron chi connectivity index (χ0n) is 9.44. The average molecular weight is 263 g/mol. The highest BCUT2D eigenvalue weighted by molar-refractivity contribution is 5.77. The van der Waals surface area contributed by atoms with Gasteiger partial charge in [-0.15, -0.1) is 0 Å². The van der Waals surface area contributed by atoms with Gasteiger partial charge in [-0.05, 0) is 23.8 Å². The molecule has 0 unspecified atom stereocenters. The van der Waals surface area contributed by atoms with Crippen molar-refractivity contribution in [1.82, 2.24) is 0 Å². The second kappa shape index (κ2) is 4.37. The van der Waals surface area contributed by atoms with E-state index in [1.165, 1.54) is 12.1 Å². The van der Waals surface area contributed by atoms with Gasteiger partial charge in [0.2, 0.25) is 5.75 Å². The number of rotatable bonds is 2. The molecule has 19 heavy (non-hydrogen) atoms. The Labute approximate surface area is 106 Å². The van der Waals surface area contributed by atoms with Crippen LogP contribution in [0.3, 0.4) is 0 Å². The molecule has 0 radical (unpaired) electrons. The summed E-state index contributed by atoms with van der Waals surface area (Å²) in [6.45, 7) is 0. The molecule has 0 amide bonds. The quantitative estimate of drug-likeness (QED) is 0.373. The summed E-state index contributed by atoms with van der Waals surface area (Å²) in [7, 11) is 0. The maximum absolute atomic E-state index is 10.7. The maximum Gasteiger partial charge on any atom is 0.311 e. The number of hydrogen-bond donors (Lipinski definition) is 4. The largest absolute Gasteiger partial charge is 0.504 e. The standard InChI is InChI=1S/C12H9NO6/c14-9-3-1-6(5-8(9)13(18)19)7-2-4-10(15)12(17)11(7)16/h1-5,14-17H. The predicted molar refractivity (Wildman–Crippen MR) is 65.2 cm³/mol. The van der Waals surface area contributed by atoms with Crippen molar-refractivity contribution in [2.75, 3.05) is 0 Å². The van der Waals surface area contributed by atoms with Crippen molar-refractivity contribution in [2.24, 2.45) is 0 Å². The van der Waals surface area contributed by atoms with Crippen LogP contribution in [0.4, 0.5) is 5.69 Å². The Bertz CT molecular complexity index is 668. The molecule has 0 spiro atoms. The molecule has 7 nitrogen and oxygen atoms in total. The first-order valence-electron chi connectivity index (χ1n) is 5.13. The van der Waals surface area contributed by atoms with Gasteiger partial charge in [0.15, 0.2) is 17.2 Å². The van der Waals surface area contributed by atoms with Crippen molar-refractivity contribution >= 4 is 5.69 Å². The van der Waals surface area contributed by atoms with Gasteiger partial charge in [-0.25, -0.2) is 0 Å². The Hall–Kier alpha value is -2.96. The monoisotopic (exact) mass is 263 g/mol.